The zero-order valence-corrected chi connectivity index (χ0v) is 12.9. The molecular weight excluding hydrogens is 244 g/mol. The van der Waals surface area contributed by atoms with Gasteiger partial charge >= 0.3 is 0 Å². The number of ether oxygens (including phenoxy) is 1. The lowest BCUT2D eigenvalue weighted by molar-refractivity contribution is 0.132. The van der Waals surface area contributed by atoms with Crippen molar-refractivity contribution in [3.05, 3.63) is 0 Å². The summed E-state index contributed by atoms with van der Waals surface area (Å²) < 4.78 is 5.52. The van der Waals surface area contributed by atoms with Crippen molar-refractivity contribution in [1.82, 2.24) is 10.2 Å². The molecule has 1 aliphatic heterocycles. The summed E-state index contributed by atoms with van der Waals surface area (Å²) in [5, 5.41) is 4.37. The van der Waals surface area contributed by atoms with Gasteiger partial charge in [0.05, 0.1) is 6.61 Å². The van der Waals surface area contributed by atoms with Crippen molar-refractivity contribution >= 4 is 11.8 Å². The number of unbranched alkanes of at least 4 members (excludes halogenated alkanes) is 1. The van der Waals surface area contributed by atoms with Gasteiger partial charge in [-0.15, -0.1) is 0 Å². The van der Waals surface area contributed by atoms with Crippen molar-refractivity contribution in [3.63, 3.8) is 0 Å². The summed E-state index contributed by atoms with van der Waals surface area (Å²) >= 11 is 2.03. The number of nitrogens with one attached hydrogen (secondary N) is 1. The van der Waals surface area contributed by atoms with E-state index in [9.17, 15) is 0 Å². The third kappa shape index (κ3) is 7.62. The first-order valence-corrected chi connectivity index (χ1v) is 8.69. The zero-order valence-electron chi connectivity index (χ0n) is 12.1. The molecule has 1 aliphatic rings. The molecule has 0 unspecified atom stereocenters. The van der Waals surface area contributed by atoms with Gasteiger partial charge < -0.3 is 15.0 Å². The lowest BCUT2D eigenvalue weighted by atomic mass is 10.1. The Hall–Kier alpha value is 0.230. The van der Waals surface area contributed by atoms with Gasteiger partial charge in [-0.3, -0.25) is 0 Å². The maximum atomic E-state index is 5.52. The van der Waals surface area contributed by atoms with Crippen LogP contribution in [0.25, 0.3) is 0 Å². The highest BCUT2D eigenvalue weighted by Gasteiger charge is 2.17. The lowest BCUT2D eigenvalue weighted by Gasteiger charge is -2.31. The number of hydrogen-bond donors (Lipinski definition) is 1. The first kappa shape index (κ1) is 16.3. The first-order chi connectivity index (χ1) is 8.86. The molecule has 1 N–H and O–H groups in total. The molecule has 0 aliphatic carbocycles. The molecule has 0 aromatic heterocycles. The fraction of sp³-hybridized carbons (Fsp3) is 1.00. The Balaban J connectivity index is 1.84. The van der Waals surface area contributed by atoms with E-state index in [4.69, 9.17) is 4.74 Å². The number of nitrogens with zero attached hydrogens (tertiary/aromatic N) is 1. The van der Waals surface area contributed by atoms with Gasteiger partial charge in [0.1, 0.15) is 0 Å². The van der Waals surface area contributed by atoms with Crippen LogP contribution in [0, 0.1) is 0 Å². The Morgan fingerprint density at radius 3 is 2.67 bits per heavy atom. The topological polar surface area (TPSA) is 24.5 Å². The first-order valence-electron chi connectivity index (χ1n) is 7.40. The van der Waals surface area contributed by atoms with Gasteiger partial charge in [0, 0.05) is 31.5 Å². The molecular formula is C14H30N2OS. The average molecular weight is 274 g/mol. The number of likely N-dealkylation sites (tertiary alicyclic amines) is 1. The molecule has 0 spiro atoms. The molecule has 0 saturated carbocycles. The van der Waals surface area contributed by atoms with Gasteiger partial charge in [0.15, 0.2) is 0 Å². The van der Waals surface area contributed by atoms with Crippen molar-refractivity contribution in [2.45, 2.75) is 37.9 Å². The smallest absolute Gasteiger partial charge is 0.0590 e. The van der Waals surface area contributed by atoms with Crippen LogP contribution in [0.15, 0.2) is 0 Å². The Kier molecular flexibility index (Phi) is 10.0. The molecule has 0 radical (unpaired) electrons. The van der Waals surface area contributed by atoms with E-state index in [-0.39, 0.29) is 0 Å². The Labute approximate surface area is 117 Å². The predicted molar refractivity (Wildman–Crippen MR) is 81.6 cm³/mol. The van der Waals surface area contributed by atoms with E-state index in [1.54, 1.807) is 0 Å². The number of thioether (sulfide) groups is 1. The van der Waals surface area contributed by atoms with Crippen LogP contribution in [0.5, 0.6) is 0 Å². The van der Waals surface area contributed by atoms with E-state index < -0.39 is 0 Å². The fourth-order valence-corrected chi connectivity index (χ4v) is 2.91. The molecule has 0 aromatic carbocycles. The highest BCUT2D eigenvalue weighted by Crippen LogP contribution is 2.20. The fourth-order valence-electron chi connectivity index (χ4n) is 2.22. The molecule has 0 bridgehead atoms. The minimum atomic E-state index is 0.856. The summed E-state index contributed by atoms with van der Waals surface area (Å²) in [5.74, 6) is 0. The Morgan fingerprint density at radius 2 is 2.00 bits per heavy atom. The molecule has 0 aromatic rings. The molecule has 4 heteroatoms. The van der Waals surface area contributed by atoms with Crippen LogP contribution >= 0.6 is 11.8 Å². The van der Waals surface area contributed by atoms with Gasteiger partial charge in [-0.2, -0.15) is 11.8 Å². The second-order valence-electron chi connectivity index (χ2n) is 4.99. The van der Waals surface area contributed by atoms with Crippen LogP contribution in [-0.2, 0) is 4.74 Å². The van der Waals surface area contributed by atoms with Crippen LogP contribution < -0.4 is 5.32 Å². The van der Waals surface area contributed by atoms with Crippen LogP contribution in [-0.4, -0.2) is 62.3 Å². The Bertz CT molecular complexity index is 185. The molecule has 18 heavy (non-hydrogen) atoms. The quantitative estimate of drug-likeness (QED) is 0.617. The maximum Gasteiger partial charge on any atom is 0.0590 e. The van der Waals surface area contributed by atoms with Crippen LogP contribution in [0.4, 0.5) is 0 Å². The Morgan fingerprint density at radius 1 is 1.22 bits per heavy atom. The SMILES string of the molecule is CCCCOCCNCCN1CCC(SC)CC1. The maximum absolute atomic E-state index is 5.52. The predicted octanol–water partition coefficient (Wildman–Crippen LogP) is 2.22. The van der Waals surface area contributed by atoms with Crippen molar-refractivity contribution in [3.8, 4) is 0 Å². The van der Waals surface area contributed by atoms with Gasteiger partial charge in [-0.25, -0.2) is 0 Å². The van der Waals surface area contributed by atoms with E-state index in [1.165, 1.54) is 45.3 Å². The van der Waals surface area contributed by atoms with Crippen LogP contribution in [0.2, 0.25) is 0 Å². The van der Waals surface area contributed by atoms with E-state index in [2.05, 4.69) is 23.4 Å². The second-order valence-corrected chi connectivity index (χ2v) is 6.13. The normalized spacial score (nSPS) is 18.3. The summed E-state index contributed by atoms with van der Waals surface area (Å²) in [7, 11) is 0. The minimum Gasteiger partial charge on any atom is -0.380 e. The molecule has 108 valence electrons. The van der Waals surface area contributed by atoms with Crippen LogP contribution in [0.3, 0.4) is 0 Å². The second kappa shape index (κ2) is 11.1. The van der Waals surface area contributed by atoms with Crippen molar-refractivity contribution in [2.75, 3.05) is 52.2 Å². The summed E-state index contributed by atoms with van der Waals surface area (Å²) in [6.45, 7) is 9.80. The monoisotopic (exact) mass is 274 g/mol. The molecule has 1 heterocycles. The molecule has 1 saturated heterocycles. The minimum absolute atomic E-state index is 0.856. The third-order valence-electron chi connectivity index (χ3n) is 3.54. The van der Waals surface area contributed by atoms with Crippen molar-refractivity contribution < 1.29 is 4.74 Å². The summed E-state index contributed by atoms with van der Waals surface area (Å²) in [5.41, 5.74) is 0. The van der Waals surface area contributed by atoms with Crippen molar-refractivity contribution in [2.24, 2.45) is 0 Å². The third-order valence-corrected chi connectivity index (χ3v) is 4.68. The average Bonchev–Trinajstić information content (AvgIpc) is 2.42. The molecule has 3 nitrogen and oxygen atoms in total. The van der Waals surface area contributed by atoms with Gasteiger partial charge in [-0.1, -0.05) is 13.3 Å². The molecule has 1 fully saturated rings. The van der Waals surface area contributed by atoms with E-state index in [0.717, 1.165) is 31.6 Å². The molecule has 0 atom stereocenters. The van der Waals surface area contributed by atoms with E-state index >= 15 is 0 Å². The largest absolute Gasteiger partial charge is 0.380 e. The highest BCUT2D eigenvalue weighted by atomic mass is 32.2. The van der Waals surface area contributed by atoms with Gasteiger partial charge in [0.2, 0.25) is 0 Å². The van der Waals surface area contributed by atoms with Crippen molar-refractivity contribution in [1.29, 1.82) is 0 Å². The van der Waals surface area contributed by atoms with Gasteiger partial charge in [-0.05, 0) is 38.6 Å². The van der Waals surface area contributed by atoms with Gasteiger partial charge in [0.25, 0.3) is 0 Å². The zero-order chi connectivity index (χ0) is 13.1. The number of rotatable bonds is 10. The number of piperidine rings is 1. The van der Waals surface area contributed by atoms with E-state index in [0.29, 0.717) is 0 Å². The van der Waals surface area contributed by atoms with E-state index in [1.807, 2.05) is 11.8 Å². The lowest BCUT2D eigenvalue weighted by Crippen LogP contribution is -2.39. The highest BCUT2D eigenvalue weighted by molar-refractivity contribution is 7.99. The molecule has 0 amide bonds. The standard InChI is InChI=1S/C14H30N2OS/c1-3-4-12-17-13-8-15-7-11-16-9-5-14(18-2)6-10-16/h14-15H,3-13H2,1-2H3. The van der Waals surface area contributed by atoms with Crippen LogP contribution in [0.1, 0.15) is 32.6 Å². The summed E-state index contributed by atoms with van der Waals surface area (Å²) in [6, 6.07) is 0. The summed E-state index contributed by atoms with van der Waals surface area (Å²) in [6.07, 6.45) is 7.37. The summed E-state index contributed by atoms with van der Waals surface area (Å²) in [4.78, 5) is 2.58. The number of hydrogen-bond acceptors (Lipinski definition) is 4. The molecule has 1 rings (SSSR count).